The van der Waals surface area contributed by atoms with Gasteiger partial charge in [0.25, 0.3) is 5.91 Å². The van der Waals surface area contributed by atoms with E-state index in [4.69, 9.17) is 17.0 Å². The maximum absolute atomic E-state index is 12.9. The molecule has 1 amide bonds. The first kappa shape index (κ1) is 23.7. The van der Waals surface area contributed by atoms with Gasteiger partial charge in [-0.25, -0.2) is 0 Å². The Labute approximate surface area is 199 Å². The number of alkyl halides is 3. The second-order valence-electron chi connectivity index (χ2n) is 6.09. The summed E-state index contributed by atoms with van der Waals surface area (Å²) in [4.78, 5) is 24.2. The first-order valence-electron chi connectivity index (χ1n) is 8.12. The maximum atomic E-state index is 12.9. The van der Waals surface area contributed by atoms with E-state index in [-0.39, 0.29) is 17.4 Å². The molecule has 1 fully saturated rings. The van der Waals surface area contributed by atoms with Crippen LogP contribution < -0.4 is 4.74 Å². The normalized spacial score (nSPS) is 15.7. The van der Waals surface area contributed by atoms with Gasteiger partial charge in [-0.15, -0.1) is 0 Å². The first-order chi connectivity index (χ1) is 14.4. The molecular weight excluding hydrogens is 589 g/mol. The van der Waals surface area contributed by atoms with E-state index in [0.29, 0.717) is 35.9 Å². The number of thiocarbonyl (C=S) groups is 1. The third kappa shape index (κ3) is 5.10. The molecule has 0 spiro atoms. The lowest BCUT2D eigenvalue weighted by Crippen LogP contribution is -2.22. The van der Waals surface area contributed by atoms with E-state index in [0.717, 1.165) is 17.8 Å². The van der Waals surface area contributed by atoms with Gasteiger partial charge in [0.1, 0.15) is 4.32 Å². The Kier molecular flexibility index (Phi) is 6.79. The number of thioether (sulfide) groups is 1. The molecule has 0 saturated carbocycles. The Morgan fingerprint density at radius 1 is 1.23 bits per heavy atom. The number of carbonyl (C=O) groups excluding carboxylic acids is 1. The third-order valence-corrected chi connectivity index (χ3v) is 6.66. The standard InChI is InChI=1S/C18H9Br2F3N2O4S2/c1-24-16(26)14(31-17(24)30)6-8-4-10(19)15(11(20)5-8)29-13-3-2-9(18(21,22)23)7-12(13)25(27)28/h2-7H,1H3. The van der Waals surface area contributed by atoms with Gasteiger partial charge >= 0.3 is 11.9 Å². The zero-order valence-electron chi connectivity index (χ0n) is 15.2. The van der Waals surface area contributed by atoms with Crippen molar-refractivity contribution in [1.82, 2.24) is 4.90 Å². The fourth-order valence-electron chi connectivity index (χ4n) is 2.49. The first-order valence-corrected chi connectivity index (χ1v) is 10.9. The Hall–Kier alpha value is -1.96. The molecule has 1 heterocycles. The van der Waals surface area contributed by atoms with Gasteiger partial charge in [-0.05, 0) is 67.8 Å². The van der Waals surface area contributed by atoms with Crippen LogP contribution in [0.1, 0.15) is 11.1 Å². The molecule has 1 saturated heterocycles. The van der Waals surface area contributed by atoms with E-state index in [1.165, 1.54) is 4.90 Å². The fraction of sp³-hybridized carbons (Fsp3) is 0.111. The monoisotopic (exact) mass is 596 g/mol. The molecule has 0 radical (unpaired) electrons. The van der Waals surface area contributed by atoms with E-state index in [2.05, 4.69) is 31.9 Å². The molecule has 162 valence electrons. The van der Waals surface area contributed by atoms with E-state index in [1.54, 1.807) is 25.3 Å². The topological polar surface area (TPSA) is 72.7 Å². The highest BCUT2D eigenvalue weighted by Crippen LogP contribution is 2.43. The van der Waals surface area contributed by atoms with Gasteiger partial charge in [-0.3, -0.25) is 19.8 Å². The van der Waals surface area contributed by atoms with E-state index < -0.39 is 22.4 Å². The third-order valence-electron chi connectivity index (χ3n) is 4.00. The molecule has 6 nitrogen and oxygen atoms in total. The van der Waals surface area contributed by atoms with Crippen LogP contribution in [0.3, 0.4) is 0 Å². The highest BCUT2D eigenvalue weighted by Gasteiger charge is 2.34. The van der Waals surface area contributed by atoms with Crippen molar-refractivity contribution in [2.24, 2.45) is 0 Å². The van der Waals surface area contributed by atoms with Gasteiger partial charge in [0.2, 0.25) is 5.75 Å². The van der Waals surface area contributed by atoms with Crippen LogP contribution in [0, 0.1) is 10.1 Å². The zero-order valence-corrected chi connectivity index (χ0v) is 20.0. The average Bonchev–Trinajstić information content (AvgIpc) is 2.90. The number of halogens is 5. The van der Waals surface area contributed by atoms with Gasteiger partial charge in [0.05, 0.1) is 24.3 Å². The predicted octanol–water partition coefficient (Wildman–Crippen LogP) is 6.76. The van der Waals surface area contributed by atoms with Crippen molar-refractivity contribution in [3.63, 3.8) is 0 Å². The predicted molar refractivity (Wildman–Crippen MR) is 121 cm³/mol. The molecule has 0 atom stereocenters. The van der Waals surface area contributed by atoms with Crippen LogP contribution in [0.4, 0.5) is 18.9 Å². The highest BCUT2D eigenvalue weighted by molar-refractivity contribution is 9.11. The number of nitro benzene ring substituents is 1. The van der Waals surface area contributed by atoms with E-state index in [1.807, 2.05) is 0 Å². The van der Waals surface area contributed by atoms with Crippen molar-refractivity contribution in [2.75, 3.05) is 7.05 Å². The van der Waals surface area contributed by atoms with Crippen molar-refractivity contribution in [2.45, 2.75) is 6.18 Å². The minimum Gasteiger partial charge on any atom is -0.448 e. The number of nitrogens with zero attached hydrogens (tertiary/aromatic N) is 2. The number of hydrogen-bond acceptors (Lipinski definition) is 6. The average molecular weight is 598 g/mol. The lowest BCUT2D eigenvalue weighted by atomic mass is 10.1. The molecule has 2 aromatic carbocycles. The quantitative estimate of drug-likeness (QED) is 0.168. The second-order valence-corrected chi connectivity index (χ2v) is 9.48. The number of hydrogen-bond donors (Lipinski definition) is 0. The number of ether oxygens (including phenoxy) is 1. The van der Waals surface area contributed by atoms with Crippen LogP contribution in [0.5, 0.6) is 11.5 Å². The van der Waals surface area contributed by atoms with Crippen LogP contribution >= 0.6 is 55.8 Å². The maximum Gasteiger partial charge on any atom is 0.416 e. The van der Waals surface area contributed by atoms with Gasteiger partial charge in [0, 0.05) is 13.1 Å². The lowest BCUT2D eigenvalue weighted by Gasteiger charge is -2.13. The minimum atomic E-state index is -4.73. The molecule has 0 N–H and O–H groups in total. The van der Waals surface area contributed by atoms with Crippen molar-refractivity contribution >= 4 is 77.8 Å². The molecule has 1 aliphatic rings. The van der Waals surface area contributed by atoms with Crippen LogP contribution in [-0.4, -0.2) is 27.1 Å². The molecular formula is C18H9Br2F3N2O4S2. The van der Waals surface area contributed by atoms with Crippen molar-refractivity contribution in [3.05, 3.63) is 65.4 Å². The Bertz CT molecular complexity index is 1130. The summed E-state index contributed by atoms with van der Waals surface area (Å²) in [6.07, 6.45) is -3.12. The summed E-state index contributed by atoms with van der Waals surface area (Å²) in [5.74, 6) is -0.495. The van der Waals surface area contributed by atoms with Crippen molar-refractivity contribution < 1.29 is 27.6 Å². The second kappa shape index (κ2) is 8.88. The Morgan fingerprint density at radius 3 is 2.32 bits per heavy atom. The van der Waals surface area contributed by atoms with Crippen molar-refractivity contribution in [1.29, 1.82) is 0 Å². The Balaban J connectivity index is 1.96. The van der Waals surface area contributed by atoms with E-state index in [9.17, 15) is 28.1 Å². The molecule has 0 aromatic heterocycles. The lowest BCUT2D eigenvalue weighted by molar-refractivity contribution is -0.385. The molecule has 0 bridgehead atoms. The summed E-state index contributed by atoms with van der Waals surface area (Å²) in [5, 5.41) is 11.3. The summed E-state index contributed by atoms with van der Waals surface area (Å²) in [5.41, 5.74) is -1.39. The number of benzene rings is 2. The minimum absolute atomic E-state index is 0.114. The molecule has 13 heteroatoms. The molecule has 3 rings (SSSR count). The largest absolute Gasteiger partial charge is 0.448 e. The van der Waals surface area contributed by atoms with Crippen LogP contribution in [-0.2, 0) is 11.0 Å². The molecule has 31 heavy (non-hydrogen) atoms. The molecule has 2 aromatic rings. The summed E-state index contributed by atoms with van der Waals surface area (Å²) in [7, 11) is 1.57. The summed E-state index contributed by atoms with van der Waals surface area (Å²) in [6.45, 7) is 0. The van der Waals surface area contributed by atoms with Crippen LogP contribution in [0.15, 0.2) is 44.2 Å². The number of amides is 1. The molecule has 0 aliphatic carbocycles. The van der Waals surface area contributed by atoms with Crippen LogP contribution in [0.25, 0.3) is 6.08 Å². The summed E-state index contributed by atoms with van der Waals surface area (Å²) < 4.78 is 45.3. The van der Waals surface area contributed by atoms with Gasteiger partial charge in [0.15, 0.2) is 5.75 Å². The summed E-state index contributed by atoms with van der Waals surface area (Å²) in [6, 6.07) is 5.19. The fourth-order valence-corrected chi connectivity index (χ4v) is 5.05. The molecule has 0 unspecified atom stereocenters. The SMILES string of the molecule is CN1C(=O)C(=Cc2cc(Br)c(Oc3ccc(C(F)(F)F)cc3[N+](=O)[O-])c(Br)c2)SC1=S. The van der Waals surface area contributed by atoms with Gasteiger partial charge in [-0.1, -0.05) is 24.0 Å². The number of carbonyl (C=O) groups is 1. The number of rotatable bonds is 4. The van der Waals surface area contributed by atoms with Gasteiger partial charge in [-0.2, -0.15) is 13.2 Å². The smallest absolute Gasteiger partial charge is 0.416 e. The van der Waals surface area contributed by atoms with Gasteiger partial charge < -0.3 is 4.74 Å². The Morgan fingerprint density at radius 2 is 1.84 bits per heavy atom. The number of nitro groups is 1. The zero-order chi connectivity index (χ0) is 23.1. The van der Waals surface area contributed by atoms with Crippen LogP contribution in [0.2, 0.25) is 0 Å². The van der Waals surface area contributed by atoms with E-state index >= 15 is 0 Å². The summed E-state index contributed by atoms with van der Waals surface area (Å²) >= 11 is 12.8. The van der Waals surface area contributed by atoms with Crippen molar-refractivity contribution in [3.8, 4) is 11.5 Å². The highest BCUT2D eigenvalue weighted by atomic mass is 79.9. The molecule has 1 aliphatic heterocycles. The number of likely N-dealkylation sites (N-methyl/N-ethyl adjacent to an activating group) is 1.